The van der Waals surface area contributed by atoms with Crippen molar-refractivity contribution in [2.45, 2.75) is 4.90 Å². The molecule has 6 nitrogen and oxygen atoms in total. The first-order valence-corrected chi connectivity index (χ1v) is 11.5. The van der Waals surface area contributed by atoms with Crippen LogP contribution in [0.2, 0.25) is 0 Å². The highest BCUT2D eigenvalue weighted by Gasteiger charge is 2.13. The van der Waals surface area contributed by atoms with Crippen molar-refractivity contribution < 1.29 is 13.2 Å². The van der Waals surface area contributed by atoms with E-state index in [1.165, 1.54) is 23.5 Å². The molecule has 0 aliphatic heterocycles. The summed E-state index contributed by atoms with van der Waals surface area (Å²) in [5, 5.41) is 10.2. The Morgan fingerprint density at radius 2 is 1.69 bits per heavy atom. The second kappa shape index (κ2) is 7.65. The summed E-state index contributed by atoms with van der Waals surface area (Å²) >= 11 is 1.30. The van der Waals surface area contributed by atoms with Gasteiger partial charge in [0.25, 0.3) is 5.91 Å². The number of amides is 1. The number of aromatic nitrogens is 1. The normalized spacial score (nSPS) is 11.3. The van der Waals surface area contributed by atoms with Gasteiger partial charge in [-0.1, -0.05) is 36.4 Å². The van der Waals surface area contributed by atoms with Gasteiger partial charge in [-0.3, -0.25) is 4.79 Å². The Bertz CT molecular complexity index is 1290. The molecule has 4 rings (SSSR count). The van der Waals surface area contributed by atoms with Gasteiger partial charge in [-0.2, -0.15) is 0 Å². The van der Waals surface area contributed by atoms with Gasteiger partial charge in [0.1, 0.15) is 5.69 Å². The molecule has 3 aromatic carbocycles. The van der Waals surface area contributed by atoms with Crippen LogP contribution in [0.3, 0.4) is 0 Å². The number of hydrogen-bond donors (Lipinski definition) is 2. The summed E-state index contributed by atoms with van der Waals surface area (Å²) in [7, 11) is -3.24. The first-order valence-electron chi connectivity index (χ1n) is 8.72. The molecule has 0 unspecified atom stereocenters. The summed E-state index contributed by atoms with van der Waals surface area (Å²) in [6, 6.07) is 19.9. The van der Waals surface area contributed by atoms with Gasteiger partial charge in [0.05, 0.1) is 4.90 Å². The van der Waals surface area contributed by atoms with Crippen LogP contribution in [-0.2, 0) is 9.84 Å². The summed E-state index contributed by atoms with van der Waals surface area (Å²) in [6.07, 6.45) is 1.16. The van der Waals surface area contributed by atoms with E-state index in [9.17, 15) is 13.2 Å². The van der Waals surface area contributed by atoms with Gasteiger partial charge in [0, 0.05) is 28.4 Å². The van der Waals surface area contributed by atoms with E-state index in [-0.39, 0.29) is 10.8 Å². The van der Waals surface area contributed by atoms with E-state index in [1.54, 1.807) is 17.5 Å². The number of anilines is 3. The van der Waals surface area contributed by atoms with E-state index in [0.717, 1.165) is 22.7 Å². The molecule has 0 bridgehead atoms. The lowest BCUT2D eigenvalue weighted by molar-refractivity contribution is 0.102. The van der Waals surface area contributed by atoms with Gasteiger partial charge in [-0.25, -0.2) is 13.4 Å². The molecule has 0 aliphatic carbocycles. The average Bonchev–Trinajstić information content (AvgIpc) is 3.17. The lowest BCUT2D eigenvalue weighted by atomic mass is 10.1. The molecule has 0 atom stereocenters. The molecule has 1 heterocycles. The number of thiazole rings is 1. The zero-order valence-corrected chi connectivity index (χ0v) is 17.0. The van der Waals surface area contributed by atoms with Crippen LogP contribution < -0.4 is 10.6 Å². The Kier molecular flexibility index (Phi) is 5.04. The third kappa shape index (κ3) is 4.28. The van der Waals surface area contributed by atoms with Crippen molar-refractivity contribution in [2.75, 3.05) is 16.9 Å². The maximum Gasteiger partial charge on any atom is 0.275 e. The lowest BCUT2D eigenvalue weighted by Crippen LogP contribution is -2.12. The number of carbonyl (C=O) groups is 1. The maximum absolute atomic E-state index is 12.6. The summed E-state index contributed by atoms with van der Waals surface area (Å²) in [4.78, 5) is 17.2. The molecule has 1 aromatic heterocycles. The van der Waals surface area contributed by atoms with Gasteiger partial charge in [-0.05, 0) is 35.7 Å². The monoisotopic (exact) mass is 423 g/mol. The molecule has 4 aromatic rings. The van der Waals surface area contributed by atoms with Crippen molar-refractivity contribution in [3.05, 3.63) is 77.8 Å². The van der Waals surface area contributed by atoms with Crippen LogP contribution in [0.4, 0.5) is 16.5 Å². The van der Waals surface area contributed by atoms with Crippen molar-refractivity contribution in [3.8, 4) is 0 Å². The van der Waals surface area contributed by atoms with E-state index < -0.39 is 9.84 Å². The van der Waals surface area contributed by atoms with Gasteiger partial charge in [0.15, 0.2) is 15.0 Å². The van der Waals surface area contributed by atoms with E-state index in [2.05, 4.69) is 15.6 Å². The van der Waals surface area contributed by atoms with Crippen LogP contribution in [0.25, 0.3) is 10.8 Å². The van der Waals surface area contributed by atoms with Crippen LogP contribution >= 0.6 is 11.3 Å². The largest absolute Gasteiger partial charge is 0.332 e. The smallest absolute Gasteiger partial charge is 0.275 e. The van der Waals surface area contributed by atoms with E-state index in [0.29, 0.717) is 16.5 Å². The molecule has 0 spiro atoms. The van der Waals surface area contributed by atoms with Crippen molar-refractivity contribution >= 4 is 54.4 Å². The van der Waals surface area contributed by atoms with Crippen molar-refractivity contribution in [3.63, 3.8) is 0 Å². The lowest BCUT2D eigenvalue weighted by Gasteiger charge is -2.07. The Balaban J connectivity index is 1.49. The van der Waals surface area contributed by atoms with Crippen molar-refractivity contribution in [2.24, 2.45) is 0 Å². The van der Waals surface area contributed by atoms with E-state index in [1.807, 2.05) is 42.5 Å². The zero-order valence-electron chi connectivity index (χ0n) is 15.4. The molecule has 0 saturated carbocycles. The van der Waals surface area contributed by atoms with Gasteiger partial charge < -0.3 is 10.6 Å². The molecule has 0 fully saturated rings. The Labute approximate surface area is 172 Å². The van der Waals surface area contributed by atoms with E-state index >= 15 is 0 Å². The topological polar surface area (TPSA) is 88.2 Å². The minimum absolute atomic E-state index is 0.248. The highest BCUT2D eigenvalue weighted by molar-refractivity contribution is 7.90. The van der Waals surface area contributed by atoms with Crippen molar-refractivity contribution in [1.82, 2.24) is 4.98 Å². The first-order chi connectivity index (χ1) is 13.9. The minimum Gasteiger partial charge on any atom is -0.332 e. The minimum atomic E-state index is -3.24. The van der Waals surface area contributed by atoms with Gasteiger partial charge >= 0.3 is 0 Å². The molecule has 146 valence electrons. The summed E-state index contributed by atoms with van der Waals surface area (Å²) in [6.45, 7) is 0. The fraction of sp³-hybridized carbons (Fsp3) is 0.0476. The molecule has 0 radical (unpaired) electrons. The molecule has 0 aliphatic rings. The van der Waals surface area contributed by atoms with Gasteiger partial charge in [0.2, 0.25) is 0 Å². The third-order valence-electron chi connectivity index (χ3n) is 4.31. The quantitative estimate of drug-likeness (QED) is 0.486. The van der Waals surface area contributed by atoms with Crippen LogP contribution in [0, 0.1) is 0 Å². The van der Waals surface area contributed by atoms with E-state index in [4.69, 9.17) is 0 Å². The second-order valence-corrected chi connectivity index (χ2v) is 9.31. The summed E-state index contributed by atoms with van der Waals surface area (Å²) in [5.74, 6) is -0.293. The molecule has 8 heteroatoms. The number of hydrogen-bond acceptors (Lipinski definition) is 6. The molecular weight excluding hydrogens is 406 g/mol. The molecule has 1 amide bonds. The highest BCUT2D eigenvalue weighted by atomic mass is 32.2. The predicted molar refractivity (Wildman–Crippen MR) is 117 cm³/mol. The number of nitrogens with zero attached hydrogens (tertiary/aromatic N) is 1. The number of benzene rings is 3. The first kappa shape index (κ1) is 19.1. The zero-order chi connectivity index (χ0) is 20.4. The second-order valence-electron chi connectivity index (χ2n) is 6.44. The van der Waals surface area contributed by atoms with Crippen molar-refractivity contribution in [1.29, 1.82) is 0 Å². The highest BCUT2D eigenvalue weighted by Crippen LogP contribution is 2.25. The SMILES string of the molecule is CS(=O)(=O)c1ccc(Nc2nc(C(=O)Nc3cccc4ccccc34)cs2)cc1. The molecule has 2 N–H and O–H groups in total. The maximum atomic E-state index is 12.6. The fourth-order valence-corrected chi connectivity index (χ4v) is 4.21. The van der Waals surface area contributed by atoms with Crippen LogP contribution in [0.1, 0.15) is 10.5 Å². The van der Waals surface area contributed by atoms with Crippen LogP contribution in [0.5, 0.6) is 0 Å². The molecular formula is C21H17N3O3S2. The third-order valence-corrected chi connectivity index (χ3v) is 6.19. The molecule has 0 saturated heterocycles. The Hall–Kier alpha value is -3.23. The fourth-order valence-electron chi connectivity index (χ4n) is 2.87. The number of sulfone groups is 1. The Morgan fingerprint density at radius 3 is 2.45 bits per heavy atom. The number of nitrogens with one attached hydrogen (secondary N) is 2. The molecule has 29 heavy (non-hydrogen) atoms. The average molecular weight is 424 g/mol. The standard InChI is InChI=1S/C21H17N3O3S2/c1-29(26,27)16-11-9-15(10-12-16)22-21-24-19(13-28-21)20(25)23-18-8-4-6-14-5-2-3-7-17(14)18/h2-13H,1H3,(H,22,24)(H,23,25). The number of fused-ring (bicyclic) bond motifs is 1. The Morgan fingerprint density at radius 1 is 0.966 bits per heavy atom. The summed E-state index contributed by atoms with van der Waals surface area (Å²) in [5.41, 5.74) is 1.72. The summed E-state index contributed by atoms with van der Waals surface area (Å²) < 4.78 is 23.1. The number of carbonyl (C=O) groups excluding carboxylic acids is 1. The van der Waals surface area contributed by atoms with Gasteiger partial charge in [-0.15, -0.1) is 11.3 Å². The van der Waals surface area contributed by atoms with Crippen LogP contribution in [-0.4, -0.2) is 25.6 Å². The van der Waals surface area contributed by atoms with Crippen LogP contribution in [0.15, 0.2) is 77.0 Å². The predicted octanol–water partition coefficient (Wildman–Crippen LogP) is 4.70. The number of rotatable bonds is 5.